The van der Waals surface area contributed by atoms with Crippen molar-refractivity contribution in [3.05, 3.63) is 60.0 Å². The third-order valence-electron chi connectivity index (χ3n) is 4.40. The molecule has 1 aromatic carbocycles. The van der Waals surface area contributed by atoms with E-state index in [1.807, 2.05) is 13.0 Å². The van der Waals surface area contributed by atoms with Crippen molar-refractivity contribution in [2.45, 2.75) is 6.92 Å². The van der Waals surface area contributed by atoms with Crippen molar-refractivity contribution < 1.29 is 13.9 Å². The van der Waals surface area contributed by atoms with Crippen molar-refractivity contribution in [3.8, 4) is 23.3 Å². The van der Waals surface area contributed by atoms with E-state index in [9.17, 15) is 4.79 Å². The first-order chi connectivity index (χ1) is 14.1. The molecule has 8 heteroatoms. The van der Waals surface area contributed by atoms with Crippen molar-refractivity contribution in [3.63, 3.8) is 0 Å². The maximum atomic E-state index is 13.1. The number of aromatic nitrogens is 3. The fourth-order valence-electron chi connectivity index (χ4n) is 3.12. The molecule has 3 heterocycles. The second-order valence-electron chi connectivity index (χ2n) is 6.37. The summed E-state index contributed by atoms with van der Waals surface area (Å²) in [5.41, 5.74) is 2.92. The van der Waals surface area contributed by atoms with E-state index < -0.39 is 0 Å². The molecule has 0 atom stereocenters. The van der Waals surface area contributed by atoms with E-state index in [-0.39, 0.29) is 12.5 Å². The summed E-state index contributed by atoms with van der Waals surface area (Å²) in [6.07, 6.45) is 1.56. The van der Waals surface area contributed by atoms with Gasteiger partial charge in [-0.25, -0.2) is 4.98 Å². The number of anilines is 1. The van der Waals surface area contributed by atoms with Crippen LogP contribution in [-0.2, 0) is 7.05 Å². The molecule has 0 saturated heterocycles. The summed E-state index contributed by atoms with van der Waals surface area (Å²) >= 11 is 0. The standard InChI is InChI=1S/C21H17N5O3/c1-13-19-16(21(27)23-14-5-7-15(8-6-14)28-11-9-22)12-17(18-4-3-10-29-18)24-20(19)26(2)25-13/h3-8,10,12H,11H2,1-2H3,(H,23,27). The lowest BCUT2D eigenvalue weighted by Crippen LogP contribution is -2.13. The number of nitrogens with one attached hydrogen (secondary N) is 1. The number of carbonyl (C=O) groups is 1. The smallest absolute Gasteiger partial charge is 0.256 e. The third-order valence-corrected chi connectivity index (χ3v) is 4.40. The normalized spacial score (nSPS) is 10.7. The number of furan rings is 1. The Labute approximate surface area is 166 Å². The number of fused-ring (bicyclic) bond motifs is 1. The maximum absolute atomic E-state index is 13.1. The summed E-state index contributed by atoms with van der Waals surface area (Å²) in [6, 6.07) is 14.0. The summed E-state index contributed by atoms with van der Waals surface area (Å²) < 4.78 is 12.3. The van der Waals surface area contributed by atoms with E-state index in [1.54, 1.807) is 60.5 Å². The van der Waals surface area contributed by atoms with Crippen LogP contribution in [0.5, 0.6) is 5.75 Å². The van der Waals surface area contributed by atoms with Crippen LogP contribution < -0.4 is 10.1 Å². The van der Waals surface area contributed by atoms with Gasteiger partial charge in [0.05, 0.1) is 22.9 Å². The molecule has 4 rings (SSSR count). The Bertz CT molecular complexity index is 1220. The predicted octanol–water partition coefficient (Wildman–Crippen LogP) is 3.69. The van der Waals surface area contributed by atoms with Gasteiger partial charge in [0.25, 0.3) is 5.91 Å². The van der Waals surface area contributed by atoms with Gasteiger partial charge >= 0.3 is 0 Å². The topological polar surface area (TPSA) is 106 Å². The van der Waals surface area contributed by atoms with E-state index >= 15 is 0 Å². The van der Waals surface area contributed by atoms with Gasteiger partial charge in [0.1, 0.15) is 17.5 Å². The Morgan fingerprint density at radius 3 is 2.79 bits per heavy atom. The lowest BCUT2D eigenvalue weighted by atomic mass is 10.1. The second kappa shape index (κ2) is 7.48. The number of carbonyl (C=O) groups excluding carboxylic acids is 1. The molecule has 29 heavy (non-hydrogen) atoms. The Hall–Kier alpha value is -4.12. The number of aryl methyl sites for hydroxylation is 2. The molecule has 0 unspecified atom stereocenters. The maximum Gasteiger partial charge on any atom is 0.256 e. The third kappa shape index (κ3) is 3.53. The summed E-state index contributed by atoms with van der Waals surface area (Å²) in [4.78, 5) is 17.7. The van der Waals surface area contributed by atoms with E-state index in [0.29, 0.717) is 45.2 Å². The molecule has 144 valence electrons. The summed E-state index contributed by atoms with van der Waals surface area (Å²) in [5.74, 6) is 0.838. The Morgan fingerprint density at radius 1 is 1.31 bits per heavy atom. The number of benzene rings is 1. The van der Waals surface area contributed by atoms with Crippen LogP contribution >= 0.6 is 0 Å². The van der Waals surface area contributed by atoms with E-state index in [4.69, 9.17) is 14.4 Å². The summed E-state index contributed by atoms with van der Waals surface area (Å²) in [6.45, 7) is 1.81. The number of hydrogen-bond acceptors (Lipinski definition) is 6. The molecule has 0 aliphatic heterocycles. The zero-order chi connectivity index (χ0) is 20.4. The number of amides is 1. The van der Waals surface area contributed by atoms with Gasteiger partial charge < -0.3 is 14.5 Å². The lowest BCUT2D eigenvalue weighted by Gasteiger charge is -2.09. The number of ether oxygens (including phenoxy) is 1. The van der Waals surface area contributed by atoms with Crippen molar-refractivity contribution >= 4 is 22.6 Å². The van der Waals surface area contributed by atoms with Gasteiger partial charge in [0.15, 0.2) is 18.0 Å². The zero-order valence-corrected chi connectivity index (χ0v) is 15.8. The minimum atomic E-state index is -0.285. The molecule has 0 fully saturated rings. The molecule has 0 spiro atoms. The van der Waals surface area contributed by atoms with Gasteiger partial charge in [-0.1, -0.05) is 0 Å². The molecular formula is C21H17N5O3. The van der Waals surface area contributed by atoms with Crippen LogP contribution in [0.25, 0.3) is 22.5 Å². The highest BCUT2D eigenvalue weighted by molar-refractivity contribution is 6.13. The molecule has 0 aliphatic rings. The molecule has 4 aromatic rings. The molecule has 0 bridgehead atoms. The fraction of sp³-hybridized carbons (Fsp3) is 0.143. The van der Waals surface area contributed by atoms with Gasteiger partial charge in [0.2, 0.25) is 0 Å². The van der Waals surface area contributed by atoms with Crippen LogP contribution in [0.1, 0.15) is 16.1 Å². The Kier molecular flexibility index (Phi) is 4.71. The van der Waals surface area contributed by atoms with Gasteiger partial charge in [-0.15, -0.1) is 0 Å². The van der Waals surface area contributed by atoms with E-state index in [2.05, 4.69) is 15.4 Å². The average molecular weight is 387 g/mol. The highest BCUT2D eigenvalue weighted by Gasteiger charge is 2.20. The van der Waals surface area contributed by atoms with E-state index in [0.717, 1.165) is 0 Å². The molecule has 0 radical (unpaired) electrons. The first-order valence-electron chi connectivity index (χ1n) is 8.86. The Morgan fingerprint density at radius 2 is 2.10 bits per heavy atom. The first-order valence-corrected chi connectivity index (χ1v) is 8.86. The minimum Gasteiger partial charge on any atom is -0.479 e. The highest BCUT2D eigenvalue weighted by atomic mass is 16.5. The molecule has 3 aromatic heterocycles. The van der Waals surface area contributed by atoms with Crippen LogP contribution in [-0.4, -0.2) is 27.3 Å². The molecule has 1 N–H and O–H groups in total. The fourth-order valence-corrected chi connectivity index (χ4v) is 3.12. The lowest BCUT2D eigenvalue weighted by molar-refractivity contribution is 0.102. The molecular weight excluding hydrogens is 370 g/mol. The van der Waals surface area contributed by atoms with Gasteiger partial charge in [-0.2, -0.15) is 10.4 Å². The number of nitriles is 1. The highest BCUT2D eigenvalue weighted by Crippen LogP contribution is 2.28. The minimum absolute atomic E-state index is 0.0312. The van der Waals surface area contributed by atoms with Crippen LogP contribution in [0, 0.1) is 18.3 Å². The van der Waals surface area contributed by atoms with Crippen LogP contribution in [0.3, 0.4) is 0 Å². The van der Waals surface area contributed by atoms with E-state index in [1.165, 1.54) is 0 Å². The quantitative estimate of drug-likeness (QED) is 0.560. The molecule has 0 saturated carbocycles. The van der Waals surface area contributed by atoms with Crippen molar-refractivity contribution in [1.82, 2.24) is 14.8 Å². The number of nitrogens with zero attached hydrogens (tertiary/aromatic N) is 4. The van der Waals surface area contributed by atoms with Gasteiger partial charge in [-0.05, 0) is 49.4 Å². The molecule has 8 nitrogen and oxygen atoms in total. The zero-order valence-electron chi connectivity index (χ0n) is 15.8. The molecule has 1 amide bonds. The van der Waals surface area contributed by atoms with Gasteiger partial charge in [0, 0.05) is 12.7 Å². The number of rotatable bonds is 5. The Balaban J connectivity index is 1.70. The SMILES string of the molecule is Cc1nn(C)c2nc(-c3ccco3)cc(C(=O)Nc3ccc(OCC#N)cc3)c12. The average Bonchev–Trinajstić information content (AvgIpc) is 3.35. The van der Waals surface area contributed by atoms with Crippen LogP contribution in [0.2, 0.25) is 0 Å². The van der Waals surface area contributed by atoms with Crippen LogP contribution in [0.15, 0.2) is 53.1 Å². The predicted molar refractivity (Wildman–Crippen MR) is 106 cm³/mol. The van der Waals surface area contributed by atoms with Crippen LogP contribution in [0.4, 0.5) is 5.69 Å². The van der Waals surface area contributed by atoms with Gasteiger partial charge in [-0.3, -0.25) is 9.48 Å². The first kappa shape index (κ1) is 18.3. The van der Waals surface area contributed by atoms with Crippen molar-refractivity contribution in [2.75, 3.05) is 11.9 Å². The largest absolute Gasteiger partial charge is 0.479 e. The molecule has 0 aliphatic carbocycles. The van der Waals surface area contributed by atoms with Crippen molar-refractivity contribution in [1.29, 1.82) is 5.26 Å². The summed E-state index contributed by atoms with van der Waals surface area (Å²) in [7, 11) is 1.79. The van der Waals surface area contributed by atoms with Crippen molar-refractivity contribution in [2.24, 2.45) is 7.05 Å². The summed E-state index contributed by atoms with van der Waals surface area (Å²) in [5, 5.41) is 16.6. The number of hydrogen-bond donors (Lipinski definition) is 1. The monoisotopic (exact) mass is 387 g/mol. The second-order valence-corrected chi connectivity index (χ2v) is 6.37. The number of pyridine rings is 1.